The number of aromatic nitrogens is 1. The lowest BCUT2D eigenvalue weighted by Gasteiger charge is -2.13. The molecular formula is C15H19FN2. The van der Waals surface area contributed by atoms with Gasteiger partial charge in [0.05, 0.1) is 0 Å². The molecule has 0 amide bonds. The number of hydrogen-bond acceptors (Lipinski definition) is 1. The van der Waals surface area contributed by atoms with Crippen LogP contribution in [0.25, 0.3) is 0 Å². The summed E-state index contributed by atoms with van der Waals surface area (Å²) in [6.07, 6.45) is 4.20. The molecule has 0 aliphatic carbocycles. The van der Waals surface area contributed by atoms with E-state index in [2.05, 4.69) is 35.3 Å². The van der Waals surface area contributed by atoms with Crippen LogP contribution in [0, 0.1) is 5.82 Å². The van der Waals surface area contributed by atoms with E-state index in [0.29, 0.717) is 0 Å². The molecule has 0 fully saturated rings. The Balaban J connectivity index is 1.93. The van der Waals surface area contributed by atoms with Crippen LogP contribution in [-0.4, -0.2) is 4.57 Å². The van der Waals surface area contributed by atoms with Crippen molar-refractivity contribution in [2.45, 2.75) is 33.0 Å². The Hall–Kier alpha value is -1.61. The Morgan fingerprint density at radius 2 is 2.17 bits per heavy atom. The summed E-state index contributed by atoms with van der Waals surface area (Å²) in [5.41, 5.74) is 2.23. The largest absolute Gasteiger partial charge is 0.354 e. The van der Waals surface area contributed by atoms with Gasteiger partial charge >= 0.3 is 0 Å². The summed E-state index contributed by atoms with van der Waals surface area (Å²) >= 11 is 0. The van der Waals surface area contributed by atoms with E-state index in [1.165, 1.54) is 11.6 Å². The maximum atomic E-state index is 13.1. The van der Waals surface area contributed by atoms with E-state index < -0.39 is 0 Å². The molecule has 0 aliphatic heterocycles. The third kappa shape index (κ3) is 3.20. The van der Waals surface area contributed by atoms with Crippen LogP contribution in [0.4, 0.5) is 4.39 Å². The van der Waals surface area contributed by atoms with Crippen molar-refractivity contribution in [2.24, 2.45) is 0 Å². The van der Waals surface area contributed by atoms with E-state index in [9.17, 15) is 4.39 Å². The highest BCUT2D eigenvalue weighted by Crippen LogP contribution is 2.14. The predicted octanol–water partition coefficient (Wildman–Crippen LogP) is 3.50. The monoisotopic (exact) mass is 246 g/mol. The number of rotatable bonds is 5. The van der Waals surface area contributed by atoms with E-state index >= 15 is 0 Å². The van der Waals surface area contributed by atoms with E-state index in [1.54, 1.807) is 12.1 Å². The van der Waals surface area contributed by atoms with Crippen molar-refractivity contribution >= 4 is 0 Å². The molecule has 0 saturated heterocycles. The Labute approximate surface area is 107 Å². The summed E-state index contributed by atoms with van der Waals surface area (Å²) in [4.78, 5) is 0. The van der Waals surface area contributed by atoms with Crippen LogP contribution in [0.5, 0.6) is 0 Å². The third-order valence-electron chi connectivity index (χ3n) is 3.14. The van der Waals surface area contributed by atoms with Crippen LogP contribution < -0.4 is 5.32 Å². The number of nitrogens with one attached hydrogen (secondary N) is 1. The van der Waals surface area contributed by atoms with Crippen LogP contribution in [0.2, 0.25) is 0 Å². The highest BCUT2D eigenvalue weighted by atomic mass is 19.1. The van der Waals surface area contributed by atoms with Crippen LogP contribution in [0.15, 0.2) is 42.7 Å². The highest BCUT2D eigenvalue weighted by Gasteiger charge is 2.06. The van der Waals surface area contributed by atoms with E-state index in [0.717, 1.165) is 18.7 Å². The molecule has 0 radical (unpaired) electrons. The molecule has 1 N–H and O–H groups in total. The van der Waals surface area contributed by atoms with Crippen LogP contribution in [0.3, 0.4) is 0 Å². The molecular weight excluding hydrogens is 227 g/mol. The number of benzene rings is 1. The molecule has 3 heteroatoms. The van der Waals surface area contributed by atoms with Crippen molar-refractivity contribution in [3.8, 4) is 0 Å². The summed E-state index contributed by atoms with van der Waals surface area (Å²) in [7, 11) is 0. The summed E-state index contributed by atoms with van der Waals surface area (Å²) in [6.45, 7) is 5.95. The molecule has 0 aliphatic rings. The summed E-state index contributed by atoms with van der Waals surface area (Å²) in [6, 6.07) is 8.99. The van der Waals surface area contributed by atoms with E-state index in [-0.39, 0.29) is 11.9 Å². The zero-order valence-electron chi connectivity index (χ0n) is 10.9. The van der Waals surface area contributed by atoms with Gasteiger partial charge in [-0.3, -0.25) is 0 Å². The van der Waals surface area contributed by atoms with Crippen molar-refractivity contribution in [1.29, 1.82) is 0 Å². The van der Waals surface area contributed by atoms with Gasteiger partial charge < -0.3 is 9.88 Å². The summed E-state index contributed by atoms with van der Waals surface area (Å²) in [5, 5.41) is 3.40. The predicted molar refractivity (Wildman–Crippen MR) is 71.8 cm³/mol. The zero-order chi connectivity index (χ0) is 13.0. The lowest BCUT2D eigenvalue weighted by molar-refractivity contribution is 0.564. The fourth-order valence-corrected chi connectivity index (χ4v) is 1.96. The number of hydrogen-bond donors (Lipinski definition) is 1. The molecule has 1 heterocycles. The van der Waals surface area contributed by atoms with Crippen molar-refractivity contribution in [3.63, 3.8) is 0 Å². The van der Waals surface area contributed by atoms with Gasteiger partial charge in [-0.05, 0) is 43.2 Å². The van der Waals surface area contributed by atoms with Gasteiger partial charge in [-0.15, -0.1) is 0 Å². The number of aryl methyl sites for hydroxylation is 1. The topological polar surface area (TPSA) is 17.0 Å². The minimum absolute atomic E-state index is 0.144. The first-order valence-electron chi connectivity index (χ1n) is 6.32. The lowest BCUT2D eigenvalue weighted by atomic mass is 10.1. The number of nitrogens with zero attached hydrogens (tertiary/aromatic N) is 1. The maximum Gasteiger partial charge on any atom is 0.123 e. The first-order valence-corrected chi connectivity index (χ1v) is 6.32. The van der Waals surface area contributed by atoms with Crippen molar-refractivity contribution in [2.75, 3.05) is 0 Å². The molecule has 1 atom stereocenters. The molecule has 0 bridgehead atoms. The second kappa shape index (κ2) is 5.83. The summed E-state index contributed by atoms with van der Waals surface area (Å²) in [5.74, 6) is -0.182. The highest BCUT2D eigenvalue weighted by molar-refractivity contribution is 5.20. The SMILES string of the molecule is CCn1ccc(CN[C@@H](C)c2cccc(F)c2)c1. The van der Waals surface area contributed by atoms with Crippen molar-refractivity contribution < 1.29 is 4.39 Å². The normalized spacial score (nSPS) is 12.6. The zero-order valence-corrected chi connectivity index (χ0v) is 10.9. The molecule has 0 unspecified atom stereocenters. The number of halogens is 1. The van der Waals surface area contributed by atoms with Gasteiger partial charge in [0, 0.05) is 31.5 Å². The minimum Gasteiger partial charge on any atom is -0.354 e. The van der Waals surface area contributed by atoms with Gasteiger partial charge in [0.1, 0.15) is 5.82 Å². The van der Waals surface area contributed by atoms with Crippen LogP contribution >= 0.6 is 0 Å². The molecule has 0 spiro atoms. The molecule has 2 nitrogen and oxygen atoms in total. The fraction of sp³-hybridized carbons (Fsp3) is 0.333. The Kier molecular flexibility index (Phi) is 4.15. The van der Waals surface area contributed by atoms with Crippen molar-refractivity contribution in [3.05, 3.63) is 59.7 Å². The summed E-state index contributed by atoms with van der Waals surface area (Å²) < 4.78 is 15.3. The second-order valence-electron chi connectivity index (χ2n) is 4.51. The van der Waals surface area contributed by atoms with Gasteiger partial charge in [0.25, 0.3) is 0 Å². The minimum atomic E-state index is -0.182. The first-order chi connectivity index (χ1) is 8.69. The standard InChI is InChI=1S/C15H19FN2/c1-3-18-8-7-13(11-18)10-17-12(2)14-5-4-6-15(16)9-14/h4-9,11-12,17H,3,10H2,1-2H3/t12-/m0/s1. The maximum absolute atomic E-state index is 13.1. The quantitative estimate of drug-likeness (QED) is 0.854. The molecule has 1 aromatic heterocycles. The van der Waals surface area contributed by atoms with Gasteiger partial charge in [-0.1, -0.05) is 12.1 Å². The first kappa shape index (κ1) is 12.8. The van der Waals surface area contributed by atoms with Gasteiger partial charge in [0.2, 0.25) is 0 Å². The molecule has 18 heavy (non-hydrogen) atoms. The van der Waals surface area contributed by atoms with Crippen LogP contribution in [0.1, 0.15) is 31.0 Å². The van der Waals surface area contributed by atoms with Crippen molar-refractivity contribution in [1.82, 2.24) is 9.88 Å². The average molecular weight is 246 g/mol. The molecule has 2 rings (SSSR count). The van der Waals surface area contributed by atoms with Gasteiger partial charge in [-0.25, -0.2) is 4.39 Å². The lowest BCUT2D eigenvalue weighted by Crippen LogP contribution is -2.17. The average Bonchev–Trinajstić information content (AvgIpc) is 2.84. The Morgan fingerprint density at radius 1 is 1.33 bits per heavy atom. The molecule has 96 valence electrons. The van der Waals surface area contributed by atoms with Crippen LogP contribution in [-0.2, 0) is 13.1 Å². The van der Waals surface area contributed by atoms with E-state index in [1.807, 2.05) is 13.0 Å². The molecule has 0 saturated carbocycles. The fourth-order valence-electron chi connectivity index (χ4n) is 1.96. The molecule has 1 aromatic carbocycles. The van der Waals surface area contributed by atoms with Gasteiger partial charge in [-0.2, -0.15) is 0 Å². The van der Waals surface area contributed by atoms with E-state index in [4.69, 9.17) is 0 Å². The van der Waals surface area contributed by atoms with Gasteiger partial charge in [0.15, 0.2) is 0 Å². The molecule has 2 aromatic rings. The Bertz CT molecular complexity index is 505. The Morgan fingerprint density at radius 3 is 2.83 bits per heavy atom. The third-order valence-corrected chi connectivity index (χ3v) is 3.14. The second-order valence-corrected chi connectivity index (χ2v) is 4.51. The smallest absolute Gasteiger partial charge is 0.123 e.